The number of aryl methyl sites for hydroxylation is 1. The Labute approximate surface area is 124 Å². The molecule has 5 heteroatoms. The van der Waals surface area contributed by atoms with E-state index in [-0.39, 0.29) is 11.8 Å². The first-order chi connectivity index (χ1) is 10.2. The maximum atomic E-state index is 8.95. The van der Waals surface area contributed by atoms with Crippen LogP contribution in [-0.4, -0.2) is 22.6 Å². The molecule has 4 N–H and O–H groups in total. The Bertz CT molecular complexity index is 598. The van der Waals surface area contributed by atoms with Crippen molar-refractivity contribution in [2.24, 2.45) is 10.9 Å². The normalized spacial score (nSPS) is 13.1. The summed E-state index contributed by atoms with van der Waals surface area (Å²) in [5.41, 5.74) is 8.96. The van der Waals surface area contributed by atoms with Gasteiger partial charge < -0.3 is 16.3 Å². The molecule has 0 saturated heterocycles. The van der Waals surface area contributed by atoms with Crippen LogP contribution >= 0.6 is 0 Å². The molecule has 21 heavy (non-hydrogen) atoms. The molecule has 0 aliphatic carbocycles. The first-order valence-corrected chi connectivity index (χ1v) is 6.86. The smallest absolute Gasteiger partial charge is 0.147 e. The van der Waals surface area contributed by atoms with Gasteiger partial charge in [0.2, 0.25) is 0 Å². The van der Waals surface area contributed by atoms with Crippen LogP contribution in [0.5, 0.6) is 0 Å². The first-order valence-electron chi connectivity index (χ1n) is 6.86. The van der Waals surface area contributed by atoms with E-state index < -0.39 is 0 Å². The van der Waals surface area contributed by atoms with Gasteiger partial charge in [-0.25, -0.2) is 0 Å². The van der Waals surface area contributed by atoms with Crippen molar-refractivity contribution in [3.05, 3.63) is 65.5 Å². The van der Waals surface area contributed by atoms with Crippen molar-refractivity contribution >= 4 is 5.84 Å². The number of pyridine rings is 1. The monoisotopic (exact) mass is 284 g/mol. The standard InChI is InChI=1S/C16H20N4O/c1-12-6-5-9-19-15(12)11-18-10-14(16(17)20-21)13-7-3-2-4-8-13/h2-9,14,18,21H,10-11H2,1H3,(H2,17,20). The highest BCUT2D eigenvalue weighted by molar-refractivity contribution is 5.87. The van der Waals surface area contributed by atoms with Crippen LogP contribution in [0.15, 0.2) is 53.8 Å². The van der Waals surface area contributed by atoms with Crippen molar-refractivity contribution in [2.75, 3.05) is 6.54 Å². The number of rotatable bonds is 6. The zero-order chi connectivity index (χ0) is 15.1. The second-order valence-corrected chi connectivity index (χ2v) is 4.89. The van der Waals surface area contributed by atoms with Crippen molar-refractivity contribution in [3.63, 3.8) is 0 Å². The van der Waals surface area contributed by atoms with Gasteiger partial charge in [-0.05, 0) is 24.1 Å². The van der Waals surface area contributed by atoms with Gasteiger partial charge in [0.1, 0.15) is 5.84 Å². The molecule has 1 aromatic carbocycles. The molecule has 1 atom stereocenters. The summed E-state index contributed by atoms with van der Waals surface area (Å²) < 4.78 is 0. The number of hydrogen-bond donors (Lipinski definition) is 3. The van der Waals surface area contributed by atoms with Gasteiger partial charge in [-0.15, -0.1) is 0 Å². The molecule has 0 bridgehead atoms. The fraction of sp³-hybridized carbons (Fsp3) is 0.250. The fourth-order valence-corrected chi connectivity index (χ4v) is 2.19. The predicted octanol–water partition coefficient (Wildman–Crippen LogP) is 2.01. The summed E-state index contributed by atoms with van der Waals surface area (Å²) in [6.07, 6.45) is 1.78. The third-order valence-corrected chi connectivity index (χ3v) is 3.43. The molecule has 0 amide bonds. The van der Waals surface area contributed by atoms with Crippen molar-refractivity contribution in [2.45, 2.75) is 19.4 Å². The van der Waals surface area contributed by atoms with E-state index in [0.29, 0.717) is 13.1 Å². The van der Waals surface area contributed by atoms with Crippen molar-refractivity contribution in [3.8, 4) is 0 Å². The lowest BCUT2D eigenvalue weighted by atomic mass is 9.98. The third-order valence-electron chi connectivity index (χ3n) is 3.43. The van der Waals surface area contributed by atoms with Crippen LogP contribution < -0.4 is 11.1 Å². The molecule has 0 spiro atoms. The van der Waals surface area contributed by atoms with E-state index in [1.54, 1.807) is 6.20 Å². The highest BCUT2D eigenvalue weighted by atomic mass is 16.4. The van der Waals surface area contributed by atoms with Crippen LogP contribution in [0.4, 0.5) is 0 Å². The minimum Gasteiger partial charge on any atom is -0.409 e. The number of hydrogen-bond acceptors (Lipinski definition) is 4. The summed E-state index contributed by atoms with van der Waals surface area (Å²) in [5, 5.41) is 15.4. The van der Waals surface area contributed by atoms with Gasteiger partial charge in [0.25, 0.3) is 0 Å². The topological polar surface area (TPSA) is 83.5 Å². The Balaban J connectivity index is 2.02. The van der Waals surface area contributed by atoms with Crippen LogP contribution in [-0.2, 0) is 6.54 Å². The van der Waals surface area contributed by atoms with Crippen LogP contribution in [0.2, 0.25) is 0 Å². The minimum absolute atomic E-state index is 0.166. The van der Waals surface area contributed by atoms with Crippen molar-refractivity contribution < 1.29 is 5.21 Å². The minimum atomic E-state index is -0.166. The number of nitrogens with zero attached hydrogens (tertiary/aromatic N) is 2. The van der Waals surface area contributed by atoms with E-state index in [9.17, 15) is 0 Å². The number of nitrogens with one attached hydrogen (secondary N) is 1. The summed E-state index contributed by atoms with van der Waals surface area (Å²) >= 11 is 0. The maximum Gasteiger partial charge on any atom is 0.147 e. The zero-order valence-electron chi connectivity index (χ0n) is 12.0. The van der Waals surface area contributed by atoms with Gasteiger partial charge >= 0.3 is 0 Å². The van der Waals surface area contributed by atoms with Gasteiger partial charge in [0.15, 0.2) is 0 Å². The Morgan fingerprint density at radius 3 is 2.71 bits per heavy atom. The summed E-state index contributed by atoms with van der Waals surface area (Å²) in [6, 6.07) is 13.7. The number of aromatic nitrogens is 1. The van der Waals surface area contributed by atoms with Gasteiger partial charge in [-0.2, -0.15) is 0 Å². The third kappa shape index (κ3) is 4.03. The van der Waals surface area contributed by atoms with E-state index in [1.165, 1.54) is 0 Å². The zero-order valence-corrected chi connectivity index (χ0v) is 12.0. The van der Waals surface area contributed by atoms with Gasteiger partial charge in [0, 0.05) is 19.3 Å². The molecule has 1 heterocycles. The maximum absolute atomic E-state index is 8.95. The van der Waals surface area contributed by atoms with Crippen LogP contribution in [0, 0.1) is 6.92 Å². The quantitative estimate of drug-likeness (QED) is 0.328. The lowest BCUT2D eigenvalue weighted by Gasteiger charge is -2.17. The summed E-state index contributed by atoms with van der Waals surface area (Å²) in [7, 11) is 0. The average molecular weight is 284 g/mol. The van der Waals surface area contributed by atoms with Crippen molar-refractivity contribution in [1.82, 2.24) is 10.3 Å². The summed E-state index contributed by atoms with van der Waals surface area (Å²) in [6.45, 7) is 3.26. The number of benzene rings is 1. The Hall–Kier alpha value is -2.40. The van der Waals surface area contributed by atoms with E-state index in [2.05, 4.69) is 15.5 Å². The van der Waals surface area contributed by atoms with Crippen LogP contribution in [0.25, 0.3) is 0 Å². The fourth-order valence-electron chi connectivity index (χ4n) is 2.19. The molecular formula is C16H20N4O. The Kier molecular flexibility index (Phi) is 5.29. The molecular weight excluding hydrogens is 264 g/mol. The SMILES string of the molecule is Cc1cccnc1CNCC(C(N)=NO)c1ccccc1. The number of oxime groups is 1. The molecule has 2 rings (SSSR count). The average Bonchev–Trinajstić information content (AvgIpc) is 2.53. The first kappa shape index (κ1) is 15.0. The molecule has 1 aromatic heterocycles. The van der Waals surface area contributed by atoms with Crippen LogP contribution in [0.3, 0.4) is 0 Å². The van der Waals surface area contributed by atoms with E-state index >= 15 is 0 Å². The Morgan fingerprint density at radius 1 is 1.29 bits per heavy atom. The highest BCUT2D eigenvalue weighted by Gasteiger charge is 2.16. The second-order valence-electron chi connectivity index (χ2n) is 4.89. The molecule has 1 unspecified atom stereocenters. The Morgan fingerprint density at radius 2 is 2.05 bits per heavy atom. The molecule has 5 nitrogen and oxygen atoms in total. The van der Waals surface area contributed by atoms with E-state index in [1.807, 2.05) is 49.4 Å². The largest absolute Gasteiger partial charge is 0.409 e. The molecule has 2 aromatic rings. The number of nitrogens with two attached hydrogens (primary N) is 1. The molecule has 110 valence electrons. The second kappa shape index (κ2) is 7.40. The van der Waals surface area contributed by atoms with Crippen LogP contribution in [0.1, 0.15) is 22.7 Å². The molecule has 0 radical (unpaired) electrons. The number of amidine groups is 1. The van der Waals surface area contributed by atoms with Crippen molar-refractivity contribution in [1.29, 1.82) is 0 Å². The van der Waals surface area contributed by atoms with Gasteiger partial charge in [-0.1, -0.05) is 41.6 Å². The summed E-state index contributed by atoms with van der Waals surface area (Å²) in [4.78, 5) is 4.34. The molecule has 0 aliphatic rings. The molecule has 0 saturated carbocycles. The van der Waals surface area contributed by atoms with Gasteiger partial charge in [-0.3, -0.25) is 4.98 Å². The summed E-state index contributed by atoms with van der Waals surface area (Å²) in [5.74, 6) is 0.0339. The predicted molar refractivity (Wildman–Crippen MR) is 83.3 cm³/mol. The van der Waals surface area contributed by atoms with Gasteiger partial charge in [0.05, 0.1) is 11.6 Å². The highest BCUT2D eigenvalue weighted by Crippen LogP contribution is 2.15. The van der Waals surface area contributed by atoms with E-state index in [0.717, 1.165) is 16.8 Å². The van der Waals surface area contributed by atoms with E-state index in [4.69, 9.17) is 10.9 Å². The lowest BCUT2D eigenvalue weighted by molar-refractivity contribution is 0.315. The lowest BCUT2D eigenvalue weighted by Crippen LogP contribution is -2.31. The molecule has 0 fully saturated rings. The molecule has 0 aliphatic heterocycles.